The molecule has 1 aliphatic rings. The highest BCUT2D eigenvalue weighted by Gasteiger charge is 1.80. The fourth-order valence-electron chi connectivity index (χ4n) is 0.582. The van der Waals surface area contributed by atoms with E-state index < -0.39 is 0 Å². The smallest absolute Gasteiger partial charge is 0.00951 e. The van der Waals surface area contributed by atoms with Gasteiger partial charge < -0.3 is 0 Å². The van der Waals surface area contributed by atoms with Crippen molar-refractivity contribution in [1.82, 2.24) is 0 Å². The Balaban J connectivity index is 2.49. The molecule has 0 radical (unpaired) electrons. The van der Waals surface area contributed by atoms with Crippen LogP contribution in [0.3, 0.4) is 0 Å². The highest BCUT2D eigenvalue weighted by molar-refractivity contribution is 5.16. The Morgan fingerprint density at radius 3 is 3.43 bits per heavy atom. The topological polar surface area (TPSA) is 0 Å². The van der Waals surface area contributed by atoms with Crippen LogP contribution in [0.25, 0.3) is 0 Å². The summed E-state index contributed by atoms with van der Waals surface area (Å²) in [5.41, 5.74) is 0. The molecule has 0 N–H and O–H groups in total. The van der Waals surface area contributed by atoms with Gasteiger partial charge in [0.1, 0.15) is 0 Å². The van der Waals surface area contributed by atoms with Crippen LogP contribution in [0.4, 0.5) is 0 Å². The monoisotopic (exact) mass is 94.1 g/mol. The van der Waals surface area contributed by atoms with Gasteiger partial charge in [-0.15, -0.1) is 0 Å². The van der Waals surface area contributed by atoms with Crippen molar-refractivity contribution in [2.75, 3.05) is 0 Å². The molecular weight excluding hydrogens is 86.1 g/mol. The summed E-state index contributed by atoms with van der Waals surface area (Å²) in [6.07, 6.45) is 7.57. The Hall–Kier alpha value is -0.700. The predicted octanol–water partition coefficient (Wildman–Crippen LogP) is 1.73. The maximum Gasteiger partial charge on any atom is 0.00951 e. The summed E-state index contributed by atoms with van der Waals surface area (Å²) in [5.74, 6) is 5.93. The fourth-order valence-corrected chi connectivity index (χ4v) is 0.582. The Kier molecular flexibility index (Phi) is 1.57. The lowest BCUT2D eigenvalue weighted by atomic mass is 10.3. The van der Waals surface area contributed by atoms with E-state index in [0.29, 0.717) is 0 Å². The molecule has 0 fully saturated rings. The van der Waals surface area contributed by atoms with Crippen LogP contribution < -0.4 is 0 Å². The standard InChI is InChI=1S/C7H8/c1-2-4-6-7-5-3-1/h1-2H,3,5,7H2/i4+1,6+1. The lowest BCUT2D eigenvalue weighted by Crippen LogP contribution is -1.63. The zero-order valence-electron chi connectivity index (χ0n) is 4.28. The molecule has 0 amide bonds. The molecule has 0 saturated heterocycles. The van der Waals surface area contributed by atoms with E-state index in [4.69, 9.17) is 0 Å². The highest BCUT2D eigenvalue weighted by Crippen LogP contribution is 1.97. The zero-order valence-corrected chi connectivity index (χ0v) is 4.28. The van der Waals surface area contributed by atoms with Crippen molar-refractivity contribution < 1.29 is 0 Å². The van der Waals surface area contributed by atoms with E-state index >= 15 is 0 Å². The minimum absolute atomic E-state index is 1.08. The maximum absolute atomic E-state index is 3.01. The van der Waals surface area contributed by atoms with Crippen LogP contribution in [0.2, 0.25) is 0 Å². The van der Waals surface area contributed by atoms with Crippen molar-refractivity contribution >= 4 is 0 Å². The number of allylic oxidation sites excluding steroid dienone is 2. The molecule has 0 aliphatic heterocycles. The van der Waals surface area contributed by atoms with E-state index in [1.807, 2.05) is 6.08 Å². The average Bonchev–Trinajstić information content (AvgIpc) is 1.90. The van der Waals surface area contributed by atoms with E-state index in [1.165, 1.54) is 12.8 Å². The molecule has 0 aromatic rings. The Morgan fingerprint density at radius 2 is 2.43 bits per heavy atom. The molecule has 7 heavy (non-hydrogen) atoms. The molecule has 0 saturated carbocycles. The van der Waals surface area contributed by atoms with Gasteiger partial charge >= 0.3 is 0 Å². The average molecular weight is 94.1 g/mol. The number of hydrogen-bond acceptors (Lipinski definition) is 0. The van der Waals surface area contributed by atoms with Crippen molar-refractivity contribution in [1.29, 1.82) is 0 Å². The summed E-state index contributed by atoms with van der Waals surface area (Å²) in [6, 6.07) is 0. The van der Waals surface area contributed by atoms with Gasteiger partial charge in [0.05, 0.1) is 0 Å². The quantitative estimate of drug-likeness (QED) is 0.317. The minimum Gasteiger partial charge on any atom is -0.0985 e. The molecule has 36 valence electrons. The summed E-state index contributed by atoms with van der Waals surface area (Å²) >= 11 is 0. The molecule has 1 rings (SSSR count). The number of hydrogen-bond donors (Lipinski definition) is 0. The van der Waals surface area contributed by atoms with Gasteiger partial charge in [0.25, 0.3) is 0 Å². The van der Waals surface area contributed by atoms with Gasteiger partial charge in [-0.05, 0) is 18.9 Å². The lowest BCUT2D eigenvalue weighted by molar-refractivity contribution is 0.890. The molecular formula is C7H8. The van der Waals surface area contributed by atoms with Crippen LogP contribution in [0.1, 0.15) is 19.3 Å². The van der Waals surface area contributed by atoms with Gasteiger partial charge in [-0.3, -0.25) is 0 Å². The summed E-state index contributed by atoms with van der Waals surface area (Å²) in [7, 11) is 0. The minimum atomic E-state index is 1.08. The first-order valence-electron chi connectivity index (χ1n) is 2.63. The highest BCUT2D eigenvalue weighted by atomic mass is 14.2. The number of rotatable bonds is 0. The van der Waals surface area contributed by atoms with E-state index in [2.05, 4.69) is 17.9 Å². The molecule has 0 bridgehead atoms. The van der Waals surface area contributed by atoms with Crippen LogP contribution in [0.5, 0.6) is 0 Å². The fraction of sp³-hybridized carbons (Fsp3) is 0.429. The summed E-state index contributed by atoms with van der Waals surface area (Å²) < 4.78 is 0. The Labute approximate surface area is 44.2 Å². The SMILES string of the molecule is C1=C[13C]#[13C]CCC1. The molecule has 0 atom stereocenters. The molecule has 0 unspecified atom stereocenters. The normalized spacial score (nSPS) is 17.1. The molecule has 0 aromatic heterocycles. The van der Waals surface area contributed by atoms with E-state index in [1.54, 1.807) is 0 Å². The predicted molar refractivity (Wildman–Crippen MR) is 30.8 cm³/mol. The van der Waals surface area contributed by atoms with Crippen molar-refractivity contribution in [3.05, 3.63) is 12.2 Å². The van der Waals surface area contributed by atoms with Gasteiger partial charge in [0, 0.05) is 6.42 Å². The van der Waals surface area contributed by atoms with Crippen LogP contribution in [-0.4, -0.2) is 0 Å². The maximum atomic E-state index is 3.01. The van der Waals surface area contributed by atoms with Gasteiger partial charge in [-0.1, -0.05) is 17.9 Å². The third-order valence-electron chi connectivity index (χ3n) is 0.976. The van der Waals surface area contributed by atoms with Crippen LogP contribution in [-0.2, 0) is 0 Å². The Morgan fingerprint density at radius 1 is 1.43 bits per heavy atom. The molecule has 0 heterocycles. The van der Waals surface area contributed by atoms with Crippen molar-refractivity contribution in [3.63, 3.8) is 0 Å². The first-order valence-corrected chi connectivity index (χ1v) is 2.63. The van der Waals surface area contributed by atoms with Gasteiger partial charge in [-0.25, -0.2) is 0 Å². The van der Waals surface area contributed by atoms with Crippen LogP contribution in [0, 0.1) is 11.8 Å². The second-order valence-corrected chi connectivity index (χ2v) is 1.62. The Bertz CT molecular complexity index is 121. The molecule has 1 aliphatic carbocycles. The molecule has 0 aromatic carbocycles. The second-order valence-electron chi connectivity index (χ2n) is 1.62. The van der Waals surface area contributed by atoms with E-state index in [0.717, 1.165) is 6.42 Å². The van der Waals surface area contributed by atoms with E-state index in [9.17, 15) is 0 Å². The van der Waals surface area contributed by atoms with Crippen LogP contribution in [0.15, 0.2) is 12.2 Å². The largest absolute Gasteiger partial charge is 0.0985 e. The summed E-state index contributed by atoms with van der Waals surface area (Å²) in [4.78, 5) is 0. The lowest BCUT2D eigenvalue weighted by Gasteiger charge is -1.80. The first kappa shape index (κ1) is 4.46. The molecule has 0 heteroatoms. The first-order chi connectivity index (χ1) is 3.50. The zero-order chi connectivity index (χ0) is 4.95. The molecule has 0 nitrogen and oxygen atoms in total. The van der Waals surface area contributed by atoms with Crippen LogP contribution >= 0.6 is 0 Å². The van der Waals surface area contributed by atoms with Gasteiger partial charge in [0.2, 0.25) is 0 Å². The van der Waals surface area contributed by atoms with Crippen molar-refractivity contribution in [3.8, 4) is 11.8 Å². The van der Waals surface area contributed by atoms with Crippen molar-refractivity contribution in [2.24, 2.45) is 0 Å². The summed E-state index contributed by atoms with van der Waals surface area (Å²) in [5, 5.41) is 0. The second kappa shape index (κ2) is 2.47. The van der Waals surface area contributed by atoms with Crippen molar-refractivity contribution in [2.45, 2.75) is 19.3 Å². The van der Waals surface area contributed by atoms with Gasteiger partial charge in [0.15, 0.2) is 0 Å². The molecule has 0 spiro atoms. The third kappa shape index (κ3) is 1.45. The van der Waals surface area contributed by atoms with E-state index in [-0.39, 0.29) is 0 Å². The summed E-state index contributed by atoms with van der Waals surface area (Å²) in [6.45, 7) is 0. The third-order valence-corrected chi connectivity index (χ3v) is 0.976. The van der Waals surface area contributed by atoms with Gasteiger partial charge in [-0.2, -0.15) is 0 Å².